The summed E-state index contributed by atoms with van der Waals surface area (Å²) in [5.74, 6) is -1.35. The predicted molar refractivity (Wildman–Crippen MR) is 71.3 cm³/mol. The van der Waals surface area contributed by atoms with Crippen molar-refractivity contribution in [2.24, 2.45) is 0 Å². The third kappa shape index (κ3) is 3.40. The fourth-order valence-corrected chi connectivity index (χ4v) is 2.09. The largest absolute Gasteiger partial charge is 0.481 e. The molecule has 1 aliphatic heterocycles. The number of morpholine rings is 1. The van der Waals surface area contributed by atoms with Crippen molar-refractivity contribution in [2.45, 2.75) is 0 Å². The molecule has 1 aromatic carbocycles. The number of nitrogens with zero attached hydrogens (tertiary/aromatic N) is 1. The van der Waals surface area contributed by atoms with Crippen LogP contribution in [-0.2, 0) is 9.53 Å². The molecule has 0 spiro atoms. The summed E-state index contributed by atoms with van der Waals surface area (Å²) in [5, 5.41) is 9.22. The van der Waals surface area contributed by atoms with Gasteiger partial charge in [0.2, 0.25) is 0 Å². The number of benzene rings is 1. The number of amides is 1. The first-order chi connectivity index (χ1) is 9.59. The van der Waals surface area contributed by atoms with Gasteiger partial charge in [-0.15, -0.1) is 0 Å². The number of aromatic carboxylic acids is 1. The summed E-state index contributed by atoms with van der Waals surface area (Å²) >= 11 is 5.91. The number of carboxylic acids is 1. The van der Waals surface area contributed by atoms with Crippen LogP contribution in [0, 0.1) is 0 Å². The molecule has 2 rings (SSSR count). The fraction of sp³-hybridized carbons (Fsp3) is 0.385. The number of hydrogen-bond acceptors (Lipinski definition) is 4. The lowest BCUT2D eigenvalue weighted by Crippen LogP contribution is -2.43. The van der Waals surface area contributed by atoms with Gasteiger partial charge in [0.1, 0.15) is 5.56 Å². The van der Waals surface area contributed by atoms with Crippen molar-refractivity contribution in [3.8, 4) is 5.75 Å². The lowest BCUT2D eigenvalue weighted by atomic mass is 10.2. The molecule has 7 heteroatoms. The highest BCUT2D eigenvalue weighted by atomic mass is 35.5. The predicted octanol–water partition coefficient (Wildman–Crippen LogP) is 1.28. The summed E-state index contributed by atoms with van der Waals surface area (Å²) in [7, 11) is 0. The average molecular weight is 300 g/mol. The molecular formula is C13H14ClNO5. The van der Waals surface area contributed by atoms with E-state index in [1.165, 1.54) is 18.2 Å². The first-order valence-electron chi connectivity index (χ1n) is 6.09. The maximum atomic E-state index is 11.9. The van der Waals surface area contributed by atoms with Gasteiger partial charge in [0.15, 0.2) is 12.4 Å². The standard InChI is InChI=1S/C13H14ClNO5/c14-10-3-1-2-9(13(17)18)12(10)20-8-11(16)15-4-6-19-7-5-15/h1-3H,4-8H2,(H,17,18). The van der Waals surface area contributed by atoms with Crippen LogP contribution in [0.2, 0.25) is 5.02 Å². The molecule has 0 unspecified atom stereocenters. The summed E-state index contributed by atoms with van der Waals surface area (Å²) in [5.41, 5.74) is -0.0627. The van der Waals surface area contributed by atoms with Gasteiger partial charge in [0.05, 0.1) is 18.2 Å². The Hall–Kier alpha value is -1.79. The van der Waals surface area contributed by atoms with E-state index in [0.717, 1.165) is 0 Å². The van der Waals surface area contributed by atoms with Crippen LogP contribution in [-0.4, -0.2) is 54.8 Å². The molecule has 0 bridgehead atoms. The van der Waals surface area contributed by atoms with Gasteiger partial charge >= 0.3 is 5.97 Å². The molecule has 0 radical (unpaired) electrons. The molecule has 1 heterocycles. The zero-order chi connectivity index (χ0) is 14.5. The summed E-state index contributed by atoms with van der Waals surface area (Å²) in [4.78, 5) is 24.6. The van der Waals surface area contributed by atoms with Gasteiger partial charge in [0.25, 0.3) is 5.91 Å². The van der Waals surface area contributed by atoms with Gasteiger partial charge in [-0.3, -0.25) is 4.79 Å². The Morgan fingerprint density at radius 1 is 1.35 bits per heavy atom. The van der Waals surface area contributed by atoms with E-state index in [0.29, 0.717) is 26.3 Å². The number of carboxylic acid groups (broad SMARTS) is 1. The van der Waals surface area contributed by atoms with E-state index in [-0.39, 0.29) is 28.8 Å². The van der Waals surface area contributed by atoms with Gasteiger partial charge in [-0.1, -0.05) is 17.7 Å². The van der Waals surface area contributed by atoms with Crippen LogP contribution >= 0.6 is 11.6 Å². The number of ether oxygens (including phenoxy) is 2. The zero-order valence-electron chi connectivity index (χ0n) is 10.7. The van der Waals surface area contributed by atoms with E-state index in [1.807, 2.05) is 0 Å². The number of para-hydroxylation sites is 1. The summed E-state index contributed by atoms with van der Waals surface area (Å²) in [6.07, 6.45) is 0. The van der Waals surface area contributed by atoms with Crippen molar-refractivity contribution in [3.63, 3.8) is 0 Å². The number of hydrogen-bond donors (Lipinski definition) is 1. The van der Waals surface area contributed by atoms with E-state index in [2.05, 4.69) is 0 Å². The highest BCUT2D eigenvalue weighted by Gasteiger charge is 2.20. The van der Waals surface area contributed by atoms with Crippen molar-refractivity contribution in [1.82, 2.24) is 4.90 Å². The van der Waals surface area contributed by atoms with E-state index in [4.69, 9.17) is 26.2 Å². The van der Waals surface area contributed by atoms with Crippen molar-refractivity contribution < 1.29 is 24.2 Å². The van der Waals surface area contributed by atoms with Crippen molar-refractivity contribution in [2.75, 3.05) is 32.9 Å². The van der Waals surface area contributed by atoms with Crippen molar-refractivity contribution in [1.29, 1.82) is 0 Å². The second-order valence-electron chi connectivity index (χ2n) is 4.20. The monoisotopic (exact) mass is 299 g/mol. The fourth-order valence-electron chi connectivity index (χ4n) is 1.86. The highest BCUT2D eigenvalue weighted by Crippen LogP contribution is 2.28. The molecular weight excluding hydrogens is 286 g/mol. The molecule has 0 saturated carbocycles. The smallest absolute Gasteiger partial charge is 0.339 e. The van der Waals surface area contributed by atoms with Gasteiger partial charge < -0.3 is 19.5 Å². The minimum atomic E-state index is -1.15. The molecule has 1 fully saturated rings. The van der Waals surface area contributed by atoms with Crippen LogP contribution in [0.3, 0.4) is 0 Å². The minimum Gasteiger partial charge on any atom is -0.481 e. The maximum absolute atomic E-state index is 11.9. The lowest BCUT2D eigenvalue weighted by Gasteiger charge is -2.26. The van der Waals surface area contributed by atoms with Crippen LogP contribution in [0.5, 0.6) is 5.75 Å². The number of carbonyl (C=O) groups excluding carboxylic acids is 1. The van der Waals surface area contributed by atoms with Gasteiger partial charge in [0, 0.05) is 13.1 Å². The molecule has 1 aliphatic rings. The van der Waals surface area contributed by atoms with Crippen LogP contribution in [0.15, 0.2) is 18.2 Å². The van der Waals surface area contributed by atoms with Crippen molar-refractivity contribution >= 4 is 23.5 Å². The summed E-state index contributed by atoms with van der Waals surface area (Å²) < 4.78 is 10.4. The normalized spacial score (nSPS) is 14.9. The van der Waals surface area contributed by atoms with E-state index >= 15 is 0 Å². The zero-order valence-corrected chi connectivity index (χ0v) is 11.4. The first-order valence-corrected chi connectivity index (χ1v) is 6.47. The van der Waals surface area contributed by atoms with Crippen LogP contribution in [0.4, 0.5) is 0 Å². The topological polar surface area (TPSA) is 76.1 Å². The molecule has 1 aromatic rings. The van der Waals surface area contributed by atoms with Gasteiger partial charge in [-0.25, -0.2) is 4.79 Å². The average Bonchev–Trinajstić information content (AvgIpc) is 2.46. The lowest BCUT2D eigenvalue weighted by molar-refractivity contribution is -0.137. The second kappa shape index (κ2) is 6.58. The van der Waals surface area contributed by atoms with Gasteiger partial charge in [-0.2, -0.15) is 0 Å². The van der Waals surface area contributed by atoms with E-state index in [9.17, 15) is 9.59 Å². The molecule has 108 valence electrons. The van der Waals surface area contributed by atoms with E-state index < -0.39 is 5.97 Å². The molecule has 0 aromatic heterocycles. The first kappa shape index (κ1) is 14.6. The summed E-state index contributed by atoms with van der Waals surface area (Å²) in [6, 6.07) is 4.41. The molecule has 20 heavy (non-hydrogen) atoms. The Balaban J connectivity index is 2.03. The highest BCUT2D eigenvalue weighted by molar-refractivity contribution is 6.32. The molecule has 0 atom stereocenters. The van der Waals surface area contributed by atoms with Crippen LogP contribution in [0.1, 0.15) is 10.4 Å². The summed E-state index contributed by atoms with van der Waals surface area (Å²) in [6.45, 7) is 1.77. The molecule has 1 saturated heterocycles. The quantitative estimate of drug-likeness (QED) is 0.906. The third-order valence-electron chi connectivity index (χ3n) is 2.90. The molecule has 6 nitrogen and oxygen atoms in total. The molecule has 0 aliphatic carbocycles. The third-order valence-corrected chi connectivity index (χ3v) is 3.20. The second-order valence-corrected chi connectivity index (χ2v) is 4.61. The van der Waals surface area contributed by atoms with Crippen LogP contribution < -0.4 is 4.74 Å². The minimum absolute atomic E-state index is 0.0169. The Labute approximate surface area is 120 Å². The van der Waals surface area contributed by atoms with Gasteiger partial charge in [-0.05, 0) is 12.1 Å². The number of carbonyl (C=O) groups is 2. The number of rotatable bonds is 4. The Kier molecular flexibility index (Phi) is 4.81. The maximum Gasteiger partial charge on any atom is 0.339 e. The molecule has 1 amide bonds. The SMILES string of the molecule is O=C(O)c1cccc(Cl)c1OCC(=O)N1CCOCC1. The van der Waals surface area contributed by atoms with Crippen LogP contribution in [0.25, 0.3) is 0 Å². The van der Waals surface area contributed by atoms with Crippen molar-refractivity contribution in [3.05, 3.63) is 28.8 Å². The van der Waals surface area contributed by atoms with E-state index in [1.54, 1.807) is 4.90 Å². The Bertz CT molecular complexity index is 513. The molecule has 1 N–H and O–H groups in total. The number of halogens is 1. The Morgan fingerprint density at radius 3 is 2.70 bits per heavy atom. The Morgan fingerprint density at radius 2 is 2.05 bits per heavy atom.